The molecule has 1 heterocycles. The van der Waals surface area contributed by atoms with E-state index < -0.39 is 35.1 Å². The molecule has 1 aromatic heterocycles. The summed E-state index contributed by atoms with van der Waals surface area (Å²) in [6.07, 6.45) is -3.83. The third-order valence-electron chi connectivity index (χ3n) is 5.17. The number of halogens is 4. The molecule has 1 unspecified atom stereocenters. The van der Waals surface area contributed by atoms with Crippen molar-refractivity contribution in [3.8, 4) is 6.07 Å². The summed E-state index contributed by atoms with van der Waals surface area (Å²) < 4.78 is 44.3. The lowest BCUT2D eigenvalue weighted by molar-refractivity contribution is -0.137. The molecule has 0 bridgehead atoms. The summed E-state index contributed by atoms with van der Waals surface area (Å²) >= 11 is 5.92. The van der Waals surface area contributed by atoms with Crippen molar-refractivity contribution in [2.45, 2.75) is 37.0 Å². The normalized spacial score (nSPS) is 15.5. The van der Waals surface area contributed by atoms with Gasteiger partial charge in [0.25, 0.3) is 5.91 Å². The third-order valence-corrected chi connectivity index (χ3v) is 5.41. The first-order valence-electron chi connectivity index (χ1n) is 9.85. The second-order valence-corrected chi connectivity index (χ2v) is 8.15. The second-order valence-electron chi connectivity index (χ2n) is 7.71. The Morgan fingerprint density at radius 1 is 1.24 bits per heavy atom. The van der Waals surface area contributed by atoms with E-state index in [2.05, 4.69) is 15.6 Å². The SMILES string of the molecule is N#CC1(NC(=O)C(Cc2nc3ccc(C(F)(F)F)cc3o2)NC(=O)c2cccc(Cl)c2)CC1. The number of oxazole rings is 1. The summed E-state index contributed by atoms with van der Waals surface area (Å²) in [6, 6.07) is 9.77. The highest BCUT2D eigenvalue weighted by Gasteiger charge is 2.46. The molecule has 1 aliphatic carbocycles. The maximum atomic E-state index is 13.0. The van der Waals surface area contributed by atoms with Gasteiger partial charge in [-0.15, -0.1) is 0 Å². The van der Waals surface area contributed by atoms with Gasteiger partial charge in [0.1, 0.15) is 17.1 Å². The van der Waals surface area contributed by atoms with Crippen LogP contribution in [0.15, 0.2) is 46.9 Å². The number of hydrogen-bond acceptors (Lipinski definition) is 5. The molecule has 33 heavy (non-hydrogen) atoms. The summed E-state index contributed by atoms with van der Waals surface area (Å²) in [5.41, 5.74) is -1.61. The molecule has 11 heteroatoms. The van der Waals surface area contributed by atoms with Crippen LogP contribution in [0.2, 0.25) is 5.02 Å². The highest BCUT2D eigenvalue weighted by molar-refractivity contribution is 6.31. The number of fused-ring (bicyclic) bond motifs is 1. The molecule has 0 radical (unpaired) electrons. The van der Waals surface area contributed by atoms with Crippen LogP contribution >= 0.6 is 11.6 Å². The van der Waals surface area contributed by atoms with Crippen molar-refractivity contribution < 1.29 is 27.2 Å². The highest BCUT2D eigenvalue weighted by Crippen LogP contribution is 2.34. The van der Waals surface area contributed by atoms with Gasteiger partial charge < -0.3 is 15.1 Å². The first kappa shape index (κ1) is 22.6. The number of carbonyl (C=O) groups is 2. The maximum absolute atomic E-state index is 13.0. The Morgan fingerprint density at radius 2 is 2.00 bits per heavy atom. The molecule has 2 amide bonds. The third kappa shape index (κ3) is 5.09. The predicted octanol–water partition coefficient (Wildman–Crippen LogP) is 4.01. The largest absolute Gasteiger partial charge is 0.441 e. The van der Waals surface area contributed by atoms with Gasteiger partial charge in [-0.3, -0.25) is 9.59 Å². The first-order chi connectivity index (χ1) is 15.6. The number of alkyl halides is 3. The predicted molar refractivity (Wildman–Crippen MR) is 111 cm³/mol. The fourth-order valence-corrected chi connectivity index (χ4v) is 3.39. The molecule has 7 nitrogen and oxygen atoms in total. The monoisotopic (exact) mass is 476 g/mol. The zero-order chi connectivity index (χ0) is 23.8. The Balaban J connectivity index is 1.59. The number of nitrogens with zero attached hydrogens (tertiary/aromatic N) is 2. The van der Waals surface area contributed by atoms with Crippen LogP contribution < -0.4 is 10.6 Å². The van der Waals surface area contributed by atoms with Gasteiger partial charge in [0, 0.05) is 10.6 Å². The lowest BCUT2D eigenvalue weighted by atomic mass is 10.1. The first-order valence-corrected chi connectivity index (χ1v) is 10.2. The van der Waals surface area contributed by atoms with Crippen LogP contribution in [0.5, 0.6) is 0 Å². The van der Waals surface area contributed by atoms with Crippen molar-refractivity contribution in [3.05, 3.63) is 64.5 Å². The molecular formula is C22H16ClF3N4O3. The van der Waals surface area contributed by atoms with Crippen molar-refractivity contribution in [3.63, 3.8) is 0 Å². The van der Waals surface area contributed by atoms with Gasteiger partial charge in [0.2, 0.25) is 5.91 Å². The van der Waals surface area contributed by atoms with Gasteiger partial charge in [-0.25, -0.2) is 4.98 Å². The van der Waals surface area contributed by atoms with Crippen LogP contribution in [-0.4, -0.2) is 28.4 Å². The summed E-state index contributed by atoms with van der Waals surface area (Å²) in [4.78, 5) is 29.7. The average molecular weight is 477 g/mol. The molecule has 1 aliphatic rings. The molecule has 1 atom stereocenters. The lowest BCUT2D eigenvalue weighted by Gasteiger charge is -2.19. The van der Waals surface area contributed by atoms with E-state index in [1.165, 1.54) is 18.2 Å². The molecule has 3 aromatic rings. The zero-order valence-corrected chi connectivity index (χ0v) is 17.6. The minimum Gasteiger partial charge on any atom is -0.441 e. The topological polar surface area (TPSA) is 108 Å². The number of rotatable bonds is 6. The van der Waals surface area contributed by atoms with Crippen molar-refractivity contribution in [1.29, 1.82) is 5.26 Å². The van der Waals surface area contributed by atoms with E-state index in [-0.39, 0.29) is 29.0 Å². The second kappa shape index (κ2) is 8.41. The van der Waals surface area contributed by atoms with E-state index >= 15 is 0 Å². The van der Waals surface area contributed by atoms with E-state index in [0.29, 0.717) is 17.9 Å². The van der Waals surface area contributed by atoms with E-state index in [4.69, 9.17) is 16.0 Å². The van der Waals surface area contributed by atoms with E-state index in [1.54, 1.807) is 12.1 Å². The van der Waals surface area contributed by atoms with Gasteiger partial charge in [0.15, 0.2) is 11.5 Å². The Hall–Kier alpha value is -3.58. The van der Waals surface area contributed by atoms with Gasteiger partial charge in [-0.2, -0.15) is 18.4 Å². The molecule has 170 valence electrons. The lowest BCUT2D eigenvalue weighted by Crippen LogP contribution is -2.51. The molecule has 0 spiro atoms. The van der Waals surface area contributed by atoms with E-state index in [1.807, 2.05) is 6.07 Å². The van der Waals surface area contributed by atoms with E-state index in [9.17, 15) is 28.0 Å². The Bertz CT molecular complexity index is 1280. The number of amides is 2. The number of nitrogens with one attached hydrogen (secondary N) is 2. The summed E-state index contributed by atoms with van der Waals surface area (Å²) in [6.45, 7) is 0. The van der Waals surface area contributed by atoms with Crippen LogP contribution in [0.1, 0.15) is 34.7 Å². The van der Waals surface area contributed by atoms with Crippen LogP contribution in [0.3, 0.4) is 0 Å². The van der Waals surface area contributed by atoms with Gasteiger partial charge in [-0.1, -0.05) is 17.7 Å². The van der Waals surface area contributed by atoms with Crippen molar-refractivity contribution in [1.82, 2.24) is 15.6 Å². The number of hydrogen-bond donors (Lipinski definition) is 2. The summed E-state index contributed by atoms with van der Waals surface area (Å²) in [5, 5.41) is 14.8. The van der Waals surface area contributed by atoms with Crippen LogP contribution in [0, 0.1) is 11.3 Å². The van der Waals surface area contributed by atoms with Gasteiger partial charge >= 0.3 is 6.18 Å². The molecule has 4 rings (SSSR count). The fourth-order valence-electron chi connectivity index (χ4n) is 3.20. The van der Waals surface area contributed by atoms with Gasteiger partial charge in [-0.05, 0) is 49.2 Å². The molecule has 2 aromatic carbocycles. The molecule has 2 N–H and O–H groups in total. The quantitative estimate of drug-likeness (QED) is 0.559. The van der Waals surface area contributed by atoms with Gasteiger partial charge in [0.05, 0.1) is 18.1 Å². The molecular weight excluding hydrogens is 461 g/mol. The van der Waals surface area contributed by atoms with Crippen LogP contribution in [0.4, 0.5) is 13.2 Å². The Morgan fingerprint density at radius 3 is 2.64 bits per heavy atom. The smallest absolute Gasteiger partial charge is 0.416 e. The average Bonchev–Trinajstić information content (AvgIpc) is 3.41. The summed E-state index contributed by atoms with van der Waals surface area (Å²) in [7, 11) is 0. The minimum absolute atomic E-state index is 0.0438. The standard InChI is InChI=1S/C22H16ClF3N4O3/c23-14-3-1-2-12(8-14)19(31)29-16(20(32)30-21(11-27)6-7-21)10-18-28-15-5-4-13(22(24,25)26)9-17(15)33-18/h1-5,8-9,16H,6-7,10H2,(H,29,31)(H,30,32). The Kier molecular flexibility index (Phi) is 5.76. The number of carbonyl (C=O) groups excluding carboxylic acids is 2. The minimum atomic E-state index is -4.55. The number of aromatic nitrogens is 1. The number of nitriles is 1. The van der Waals surface area contributed by atoms with Crippen molar-refractivity contribution in [2.24, 2.45) is 0 Å². The Labute approximate surface area is 190 Å². The van der Waals surface area contributed by atoms with E-state index in [0.717, 1.165) is 12.1 Å². The van der Waals surface area contributed by atoms with Crippen molar-refractivity contribution >= 4 is 34.5 Å². The maximum Gasteiger partial charge on any atom is 0.416 e. The summed E-state index contributed by atoms with van der Waals surface area (Å²) in [5.74, 6) is -1.28. The molecule has 1 fully saturated rings. The highest BCUT2D eigenvalue weighted by atomic mass is 35.5. The molecule has 1 saturated carbocycles. The van der Waals surface area contributed by atoms with Crippen LogP contribution in [0.25, 0.3) is 11.1 Å². The van der Waals surface area contributed by atoms with Crippen LogP contribution in [-0.2, 0) is 17.4 Å². The zero-order valence-electron chi connectivity index (χ0n) is 16.9. The number of benzene rings is 2. The molecule has 0 saturated heterocycles. The molecule has 0 aliphatic heterocycles. The van der Waals surface area contributed by atoms with Crippen molar-refractivity contribution in [2.75, 3.05) is 0 Å². The fraction of sp³-hybridized carbons (Fsp3) is 0.273.